The molecule has 0 aromatic carbocycles. The van der Waals surface area contributed by atoms with Crippen molar-refractivity contribution in [2.45, 2.75) is 13.8 Å². The number of aromatic nitrogens is 2. The van der Waals surface area contributed by atoms with E-state index >= 15 is 0 Å². The van der Waals surface area contributed by atoms with E-state index in [0.29, 0.717) is 0 Å². The van der Waals surface area contributed by atoms with Gasteiger partial charge in [-0.15, -0.1) is 11.3 Å². The van der Waals surface area contributed by atoms with E-state index in [2.05, 4.69) is 33.7 Å². The van der Waals surface area contributed by atoms with Crippen LogP contribution in [0.4, 0.5) is 11.5 Å². The number of hydrogen-bond donors (Lipinski definition) is 1. The molecule has 4 heteroatoms. The molecule has 3 heterocycles. The van der Waals surface area contributed by atoms with Gasteiger partial charge in [-0.1, -0.05) is 0 Å². The van der Waals surface area contributed by atoms with Gasteiger partial charge < -0.3 is 5.32 Å². The zero-order valence-corrected chi connectivity index (χ0v) is 11.1. The topological polar surface area (TPSA) is 37.8 Å². The standard InChI is InChI=1S/C14H13N3S/c1-9-8-18-13-12(9)5-6-15-14(13)17-11-4-3-10(2)16-7-11/h3-8H,1-2H3,(H,15,17). The Bertz CT molecular complexity index is 686. The third-order valence-electron chi connectivity index (χ3n) is 2.86. The van der Waals surface area contributed by atoms with E-state index in [9.17, 15) is 0 Å². The van der Waals surface area contributed by atoms with E-state index in [1.54, 1.807) is 11.3 Å². The average molecular weight is 255 g/mol. The van der Waals surface area contributed by atoms with Crippen molar-refractivity contribution in [3.63, 3.8) is 0 Å². The second-order valence-corrected chi connectivity index (χ2v) is 5.15. The van der Waals surface area contributed by atoms with Crippen molar-refractivity contribution in [3.8, 4) is 0 Å². The van der Waals surface area contributed by atoms with Crippen LogP contribution in [0.5, 0.6) is 0 Å². The minimum atomic E-state index is 0.899. The third kappa shape index (κ3) is 1.95. The van der Waals surface area contributed by atoms with Gasteiger partial charge in [-0.3, -0.25) is 4.98 Å². The Morgan fingerprint density at radius 1 is 1.11 bits per heavy atom. The van der Waals surface area contributed by atoms with Gasteiger partial charge in [0.2, 0.25) is 0 Å². The molecule has 3 nitrogen and oxygen atoms in total. The smallest absolute Gasteiger partial charge is 0.148 e. The van der Waals surface area contributed by atoms with Gasteiger partial charge in [0, 0.05) is 17.3 Å². The molecule has 0 fully saturated rings. The first kappa shape index (κ1) is 11.2. The summed E-state index contributed by atoms with van der Waals surface area (Å²) in [6, 6.07) is 6.06. The summed E-state index contributed by atoms with van der Waals surface area (Å²) in [6.45, 7) is 4.10. The fourth-order valence-corrected chi connectivity index (χ4v) is 2.85. The number of nitrogens with zero attached hydrogens (tertiary/aromatic N) is 2. The monoisotopic (exact) mass is 255 g/mol. The maximum Gasteiger partial charge on any atom is 0.148 e. The molecule has 0 amide bonds. The van der Waals surface area contributed by atoms with E-state index < -0.39 is 0 Å². The lowest BCUT2D eigenvalue weighted by Crippen LogP contribution is -1.94. The molecule has 3 aromatic heterocycles. The Morgan fingerprint density at radius 3 is 2.78 bits per heavy atom. The van der Waals surface area contributed by atoms with E-state index in [4.69, 9.17) is 0 Å². The zero-order valence-electron chi connectivity index (χ0n) is 10.3. The molecule has 0 atom stereocenters. The number of thiophene rings is 1. The van der Waals surface area contributed by atoms with Crippen LogP contribution in [0, 0.1) is 13.8 Å². The Labute approximate surface area is 110 Å². The maximum absolute atomic E-state index is 4.41. The highest BCUT2D eigenvalue weighted by Crippen LogP contribution is 2.31. The van der Waals surface area contributed by atoms with Crippen LogP contribution in [0.25, 0.3) is 10.1 Å². The second-order valence-electron chi connectivity index (χ2n) is 4.27. The summed E-state index contributed by atoms with van der Waals surface area (Å²) in [5.41, 5.74) is 3.27. The van der Waals surface area contributed by atoms with Gasteiger partial charge in [0.15, 0.2) is 0 Å². The van der Waals surface area contributed by atoms with Crippen LogP contribution in [-0.2, 0) is 0 Å². The lowest BCUT2D eigenvalue weighted by atomic mass is 10.2. The molecule has 1 N–H and O–H groups in total. The van der Waals surface area contributed by atoms with Crippen molar-refractivity contribution in [2.24, 2.45) is 0 Å². The fourth-order valence-electron chi connectivity index (χ4n) is 1.86. The average Bonchev–Trinajstić information content (AvgIpc) is 2.76. The summed E-state index contributed by atoms with van der Waals surface area (Å²) >= 11 is 1.72. The molecule has 0 aliphatic heterocycles. The van der Waals surface area contributed by atoms with E-state index in [1.807, 2.05) is 31.5 Å². The highest BCUT2D eigenvalue weighted by atomic mass is 32.1. The molecule has 3 rings (SSSR count). The van der Waals surface area contributed by atoms with E-state index in [-0.39, 0.29) is 0 Å². The second kappa shape index (κ2) is 4.38. The van der Waals surface area contributed by atoms with Crippen LogP contribution in [0.2, 0.25) is 0 Å². The van der Waals surface area contributed by atoms with Crippen LogP contribution in [0.15, 0.2) is 36.0 Å². The molecule has 0 radical (unpaired) electrons. The Kier molecular flexibility index (Phi) is 2.72. The summed E-state index contributed by atoms with van der Waals surface area (Å²) in [7, 11) is 0. The first-order valence-corrected chi connectivity index (χ1v) is 6.64. The lowest BCUT2D eigenvalue weighted by molar-refractivity contribution is 1.20. The highest BCUT2D eigenvalue weighted by molar-refractivity contribution is 7.18. The predicted octanol–water partition coefficient (Wildman–Crippen LogP) is 4.05. The van der Waals surface area contributed by atoms with Crippen molar-refractivity contribution >= 4 is 32.9 Å². The SMILES string of the molecule is Cc1ccc(Nc2nccc3c(C)csc23)cn1. The largest absolute Gasteiger partial charge is 0.338 e. The summed E-state index contributed by atoms with van der Waals surface area (Å²) in [5, 5.41) is 6.74. The molecule has 0 saturated heterocycles. The number of pyridine rings is 2. The maximum atomic E-state index is 4.41. The van der Waals surface area contributed by atoms with Gasteiger partial charge in [-0.05, 0) is 43.0 Å². The molecule has 0 unspecified atom stereocenters. The van der Waals surface area contributed by atoms with Crippen molar-refractivity contribution in [3.05, 3.63) is 47.2 Å². The Balaban J connectivity index is 2.02. The predicted molar refractivity (Wildman–Crippen MR) is 76.6 cm³/mol. The van der Waals surface area contributed by atoms with Crippen LogP contribution in [0.1, 0.15) is 11.3 Å². The van der Waals surface area contributed by atoms with Crippen molar-refractivity contribution < 1.29 is 0 Å². The molecule has 90 valence electrons. The molecular formula is C14H13N3S. The molecule has 3 aromatic rings. The lowest BCUT2D eigenvalue weighted by Gasteiger charge is -2.06. The summed E-state index contributed by atoms with van der Waals surface area (Å²) in [6.07, 6.45) is 3.67. The van der Waals surface area contributed by atoms with Gasteiger partial charge in [-0.25, -0.2) is 4.98 Å². The van der Waals surface area contributed by atoms with Gasteiger partial charge in [0.1, 0.15) is 5.82 Å². The molecular weight excluding hydrogens is 242 g/mol. The van der Waals surface area contributed by atoms with Crippen LogP contribution < -0.4 is 5.32 Å². The van der Waals surface area contributed by atoms with Gasteiger partial charge in [0.05, 0.1) is 16.6 Å². The zero-order chi connectivity index (χ0) is 12.5. The van der Waals surface area contributed by atoms with Gasteiger partial charge >= 0.3 is 0 Å². The number of nitrogens with one attached hydrogen (secondary N) is 1. The van der Waals surface area contributed by atoms with Crippen LogP contribution in [-0.4, -0.2) is 9.97 Å². The highest BCUT2D eigenvalue weighted by Gasteiger charge is 2.06. The van der Waals surface area contributed by atoms with Gasteiger partial charge in [-0.2, -0.15) is 0 Å². The van der Waals surface area contributed by atoms with E-state index in [0.717, 1.165) is 17.2 Å². The molecule has 0 spiro atoms. The number of rotatable bonds is 2. The van der Waals surface area contributed by atoms with Crippen molar-refractivity contribution in [2.75, 3.05) is 5.32 Å². The minimum Gasteiger partial charge on any atom is -0.338 e. The molecule has 0 aliphatic carbocycles. The fraction of sp³-hybridized carbons (Fsp3) is 0.143. The molecule has 0 aliphatic rings. The third-order valence-corrected chi connectivity index (χ3v) is 3.98. The normalized spacial score (nSPS) is 10.8. The van der Waals surface area contributed by atoms with Crippen molar-refractivity contribution in [1.82, 2.24) is 9.97 Å². The summed E-state index contributed by atoms with van der Waals surface area (Å²) < 4.78 is 1.19. The Hall–Kier alpha value is -1.94. The van der Waals surface area contributed by atoms with E-state index in [1.165, 1.54) is 15.6 Å². The number of hydrogen-bond acceptors (Lipinski definition) is 4. The molecule has 18 heavy (non-hydrogen) atoms. The molecule has 0 bridgehead atoms. The first-order chi connectivity index (χ1) is 8.74. The quantitative estimate of drug-likeness (QED) is 0.750. The number of fused-ring (bicyclic) bond motifs is 1. The summed E-state index contributed by atoms with van der Waals surface area (Å²) in [5.74, 6) is 0.899. The number of aryl methyl sites for hydroxylation is 2. The van der Waals surface area contributed by atoms with Crippen molar-refractivity contribution in [1.29, 1.82) is 0 Å². The first-order valence-electron chi connectivity index (χ1n) is 5.76. The molecule has 0 saturated carbocycles. The van der Waals surface area contributed by atoms with Crippen LogP contribution in [0.3, 0.4) is 0 Å². The van der Waals surface area contributed by atoms with Crippen LogP contribution >= 0.6 is 11.3 Å². The minimum absolute atomic E-state index is 0.899. The van der Waals surface area contributed by atoms with Gasteiger partial charge in [0.25, 0.3) is 0 Å². The summed E-state index contributed by atoms with van der Waals surface area (Å²) in [4.78, 5) is 8.68. The number of anilines is 2. The Morgan fingerprint density at radius 2 is 2.00 bits per heavy atom.